The van der Waals surface area contributed by atoms with E-state index in [0.29, 0.717) is 38.3 Å². The molecule has 1 N–H and O–H groups in total. The number of hydrogen-bond acceptors (Lipinski definition) is 3. The standard InChI is InChI=1S/C14H22N2O3/c1-10(2)9-16(8-4-7-15)13(17)11-5-3-6-12(11)14(18)19/h10-12H,3-6,8-9H2,1-2H3,(H,18,19). The quantitative estimate of drug-likeness (QED) is 0.796. The van der Waals surface area contributed by atoms with Crippen molar-refractivity contribution in [1.82, 2.24) is 4.90 Å². The molecule has 1 fully saturated rings. The van der Waals surface area contributed by atoms with Gasteiger partial charge in [-0.25, -0.2) is 0 Å². The van der Waals surface area contributed by atoms with Crippen LogP contribution in [-0.2, 0) is 9.59 Å². The summed E-state index contributed by atoms with van der Waals surface area (Å²) in [5, 5.41) is 17.8. The lowest BCUT2D eigenvalue weighted by Crippen LogP contribution is -2.41. The van der Waals surface area contributed by atoms with Gasteiger partial charge in [0.15, 0.2) is 0 Å². The van der Waals surface area contributed by atoms with E-state index in [-0.39, 0.29) is 5.91 Å². The smallest absolute Gasteiger partial charge is 0.307 e. The van der Waals surface area contributed by atoms with Crippen molar-refractivity contribution in [2.75, 3.05) is 13.1 Å². The molecule has 0 spiro atoms. The van der Waals surface area contributed by atoms with E-state index < -0.39 is 17.8 Å². The number of aliphatic carboxylic acids is 1. The highest BCUT2D eigenvalue weighted by Crippen LogP contribution is 2.33. The van der Waals surface area contributed by atoms with Crippen LogP contribution in [0.25, 0.3) is 0 Å². The SMILES string of the molecule is CC(C)CN(CCC#N)C(=O)C1CCCC1C(=O)O. The van der Waals surface area contributed by atoms with Gasteiger partial charge in [0.1, 0.15) is 0 Å². The second kappa shape index (κ2) is 7.13. The molecule has 1 aliphatic rings. The Hall–Kier alpha value is -1.57. The van der Waals surface area contributed by atoms with Gasteiger partial charge in [0, 0.05) is 13.1 Å². The Morgan fingerprint density at radius 3 is 2.53 bits per heavy atom. The van der Waals surface area contributed by atoms with Crippen LogP contribution in [-0.4, -0.2) is 35.0 Å². The van der Waals surface area contributed by atoms with E-state index in [2.05, 4.69) is 0 Å². The predicted molar refractivity (Wildman–Crippen MR) is 70.1 cm³/mol. The summed E-state index contributed by atoms with van der Waals surface area (Å²) in [4.78, 5) is 25.3. The van der Waals surface area contributed by atoms with Crippen LogP contribution in [0.2, 0.25) is 0 Å². The summed E-state index contributed by atoms with van der Waals surface area (Å²) in [5.41, 5.74) is 0. The van der Waals surface area contributed by atoms with E-state index in [0.717, 1.165) is 6.42 Å². The second-order valence-corrected chi connectivity index (χ2v) is 5.57. The summed E-state index contributed by atoms with van der Waals surface area (Å²) in [5.74, 6) is -1.61. The topological polar surface area (TPSA) is 81.4 Å². The van der Waals surface area contributed by atoms with Crippen molar-refractivity contribution in [1.29, 1.82) is 5.26 Å². The Labute approximate surface area is 114 Å². The lowest BCUT2D eigenvalue weighted by molar-refractivity contribution is -0.149. The average Bonchev–Trinajstić information content (AvgIpc) is 2.82. The molecule has 0 saturated heterocycles. The number of carbonyl (C=O) groups is 2. The molecule has 19 heavy (non-hydrogen) atoms. The molecule has 1 aliphatic carbocycles. The van der Waals surface area contributed by atoms with E-state index >= 15 is 0 Å². The summed E-state index contributed by atoms with van der Waals surface area (Å²) in [6.07, 6.45) is 2.32. The first-order chi connectivity index (χ1) is 8.97. The first-order valence-electron chi connectivity index (χ1n) is 6.86. The molecule has 0 aromatic rings. The summed E-state index contributed by atoms with van der Waals surface area (Å²) in [6.45, 7) is 5.01. The van der Waals surface area contributed by atoms with Crippen LogP contribution in [0.15, 0.2) is 0 Å². The Morgan fingerprint density at radius 1 is 1.37 bits per heavy atom. The average molecular weight is 266 g/mol. The molecule has 0 bridgehead atoms. The van der Waals surface area contributed by atoms with Crippen LogP contribution >= 0.6 is 0 Å². The maximum absolute atomic E-state index is 12.5. The number of carboxylic acids is 1. The van der Waals surface area contributed by atoms with Crippen LogP contribution in [0.5, 0.6) is 0 Å². The maximum atomic E-state index is 12.5. The number of nitrogens with zero attached hydrogens (tertiary/aromatic N) is 2. The minimum Gasteiger partial charge on any atom is -0.481 e. The molecule has 2 unspecified atom stereocenters. The van der Waals surface area contributed by atoms with E-state index in [1.54, 1.807) is 4.90 Å². The second-order valence-electron chi connectivity index (χ2n) is 5.57. The van der Waals surface area contributed by atoms with Gasteiger partial charge < -0.3 is 10.0 Å². The summed E-state index contributed by atoms with van der Waals surface area (Å²) in [6, 6.07) is 2.04. The minimum atomic E-state index is -0.874. The molecule has 0 aliphatic heterocycles. The third kappa shape index (κ3) is 4.23. The molecule has 0 aromatic carbocycles. The highest BCUT2D eigenvalue weighted by atomic mass is 16.4. The first-order valence-corrected chi connectivity index (χ1v) is 6.86. The molecule has 1 rings (SSSR count). The summed E-state index contributed by atoms with van der Waals surface area (Å²) >= 11 is 0. The molecule has 0 aromatic heterocycles. The molecule has 2 atom stereocenters. The van der Waals surface area contributed by atoms with Gasteiger partial charge in [0.25, 0.3) is 0 Å². The Kier molecular flexibility index (Phi) is 5.81. The van der Waals surface area contributed by atoms with Gasteiger partial charge in [-0.3, -0.25) is 9.59 Å². The van der Waals surface area contributed by atoms with Crippen molar-refractivity contribution in [3.05, 3.63) is 0 Å². The molecule has 106 valence electrons. The van der Waals surface area contributed by atoms with E-state index in [9.17, 15) is 9.59 Å². The first kappa shape index (κ1) is 15.5. The molecular formula is C14H22N2O3. The van der Waals surface area contributed by atoms with Crippen LogP contribution in [0.3, 0.4) is 0 Å². The van der Waals surface area contributed by atoms with Gasteiger partial charge in [-0.1, -0.05) is 20.3 Å². The van der Waals surface area contributed by atoms with Crippen LogP contribution in [0.4, 0.5) is 0 Å². The summed E-state index contributed by atoms with van der Waals surface area (Å²) < 4.78 is 0. The zero-order chi connectivity index (χ0) is 14.4. The number of carbonyl (C=O) groups excluding carboxylic acids is 1. The zero-order valence-corrected chi connectivity index (χ0v) is 11.6. The van der Waals surface area contributed by atoms with E-state index in [4.69, 9.17) is 10.4 Å². The minimum absolute atomic E-state index is 0.0890. The Balaban J connectivity index is 2.74. The predicted octanol–water partition coefficient (Wildman–Crippen LogP) is 1.89. The normalized spacial score (nSPS) is 22.2. The fraction of sp³-hybridized carbons (Fsp3) is 0.786. The van der Waals surface area contributed by atoms with Gasteiger partial charge in [0.05, 0.1) is 24.3 Å². The van der Waals surface area contributed by atoms with E-state index in [1.807, 2.05) is 19.9 Å². The maximum Gasteiger partial charge on any atom is 0.307 e. The van der Waals surface area contributed by atoms with Gasteiger partial charge in [-0.15, -0.1) is 0 Å². The number of hydrogen-bond donors (Lipinski definition) is 1. The monoisotopic (exact) mass is 266 g/mol. The lowest BCUT2D eigenvalue weighted by atomic mass is 9.94. The van der Waals surface area contributed by atoms with Crippen LogP contribution in [0.1, 0.15) is 39.5 Å². The van der Waals surface area contributed by atoms with Crippen molar-refractivity contribution >= 4 is 11.9 Å². The van der Waals surface area contributed by atoms with Crippen molar-refractivity contribution in [3.63, 3.8) is 0 Å². The fourth-order valence-corrected chi connectivity index (χ4v) is 2.70. The van der Waals surface area contributed by atoms with Gasteiger partial charge >= 0.3 is 5.97 Å². The molecule has 5 nitrogen and oxygen atoms in total. The molecule has 1 saturated carbocycles. The van der Waals surface area contributed by atoms with Crippen molar-refractivity contribution in [2.45, 2.75) is 39.5 Å². The highest BCUT2D eigenvalue weighted by molar-refractivity contribution is 5.85. The van der Waals surface area contributed by atoms with Crippen molar-refractivity contribution in [3.8, 4) is 6.07 Å². The highest BCUT2D eigenvalue weighted by Gasteiger charge is 2.39. The van der Waals surface area contributed by atoms with Gasteiger partial charge in [0.2, 0.25) is 5.91 Å². The zero-order valence-electron chi connectivity index (χ0n) is 11.6. The van der Waals surface area contributed by atoms with Gasteiger partial charge in [-0.05, 0) is 18.8 Å². The number of amides is 1. The van der Waals surface area contributed by atoms with Crippen molar-refractivity contribution in [2.24, 2.45) is 17.8 Å². The largest absolute Gasteiger partial charge is 0.481 e. The Bertz CT molecular complexity index is 373. The van der Waals surface area contributed by atoms with Crippen molar-refractivity contribution < 1.29 is 14.7 Å². The third-order valence-corrected chi connectivity index (χ3v) is 3.54. The molecule has 5 heteroatoms. The number of nitriles is 1. The van der Waals surface area contributed by atoms with Gasteiger partial charge in [-0.2, -0.15) is 5.26 Å². The van der Waals surface area contributed by atoms with Crippen LogP contribution in [0, 0.1) is 29.1 Å². The Morgan fingerprint density at radius 2 is 2.00 bits per heavy atom. The number of carboxylic acid groups (broad SMARTS) is 1. The summed E-state index contributed by atoms with van der Waals surface area (Å²) in [7, 11) is 0. The fourth-order valence-electron chi connectivity index (χ4n) is 2.70. The van der Waals surface area contributed by atoms with Crippen LogP contribution < -0.4 is 0 Å². The molecule has 0 heterocycles. The van der Waals surface area contributed by atoms with E-state index in [1.165, 1.54) is 0 Å². The lowest BCUT2D eigenvalue weighted by Gasteiger charge is -2.28. The molecule has 1 amide bonds. The third-order valence-electron chi connectivity index (χ3n) is 3.54. The number of rotatable bonds is 6. The molecular weight excluding hydrogens is 244 g/mol. The molecule has 0 radical (unpaired) electrons.